The Bertz CT molecular complexity index is 447. The van der Waals surface area contributed by atoms with Gasteiger partial charge in [-0.1, -0.05) is 18.9 Å². The van der Waals surface area contributed by atoms with Gasteiger partial charge in [0.2, 0.25) is 0 Å². The van der Waals surface area contributed by atoms with Crippen LogP contribution in [0.1, 0.15) is 43.9 Å². The third-order valence-corrected chi connectivity index (χ3v) is 5.13. The highest BCUT2D eigenvalue weighted by atomic mass is 127. The SMILES string of the molecule is CCNC(=NCCCOC1CCCC1)N(C)CCc1cccs1.I. The van der Waals surface area contributed by atoms with Gasteiger partial charge in [0.25, 0.3) is 0 Å². The zero-order valence-corrected chi connectivity index (χ0v) is 18.1. The zero-order valence-electron chi connectivity index (χ0n) is 15.0. The van der Waals surface area contributed by atoms with E-state index < -0.39 is 0 Å². The Morgan fingerprint density at radius 1 is 1.42 bits per heavy atom. The van der Waals surface area contributed by atoms with Crippen LogP contribution in [-0.4, -0.2) is 50.3 Å². The van der Waals surface area contributed by atoms with Gasteiger partial charge in [-0.25, -0.2) is 0 Å². The van der Waals surface area contributed by atoms with Crippen molar-refractivity contribution in [1.29, 1.82) is 0 Å². The van der Waals surface area contributed by atoms with Gasteiger partial charge >= 0.3 is 0 Å². The summed E-state index contributed by atoms with van der Waals surface area (Å²) in [5.41, 5.74) is 0. The van der Waals surface area contributed by atoms with Gasteiger partial charge in [-0.3, -0.25) is 4.99 Å². The molecule has 4 nitrogen and oxygen atoms in total. The lowest BCUT2D eigenvalue weighted by atomic mass is 10.3. The quantitative estimate of drug-likeness (QED) is 0.258. The van der Waals surface area contributed by atoms with Crippen LogP contribution in [0.3, 0.4) is 0 Å². The van der Waals surface area contributed by atoms with E-state index >= 15 is 0 Å². The molecule has 0 spiro atoms. The summed E-state index contributed by atoms with van der Waals surface area (Å²) >= 11 is 1.82. The molecule has 0 atom stereocenters. The maximum absolute atomic E-state index is 5.90. The fourth-order valence-corrected chi connectivity index (χ4v) is 3.56. The van der Waals surface area contributed by atoms with Crippen molar-refractivity contribution in [1.82, 2.24) is 10.2 Å². The number of guanidine groups is 1. The number of nitrogens with one attached hydrogen (secondary N) is 1. The molecule has 0 saturated heterocycles. The van der Waals surface area contributed by atoms with E-state index in [0.717, 1.165) is 45.0 Å². The Labute approximate surface area is 168 Å². The number of nitrogens with zero attached hydrogens (tertiary/aromatic N) is 2. The number of ether oxygens (including phenoxy) is 1. The summed E-state index contributed by atoms with van der Waals surface area (Å²) in [6, 6.07) is 4.31. The normalized spacial score (nSPS) is 15.3. The highest BCUT2D eigenvalue weighted by Crippen LogP contribution is 2.20. The van der Waals surface area contributed by atoms with E-state index in [2.05, 4.69) is 41.7 Å². The summed E-state index contributed by atoms with van der Waals surface area (Å²) in [6.07, 6.45) is 7.76. The molecule has 1 aromatic rings. The number of likely N-dealkylation sites (N-methyl/N-ethyl adjacent to an activating group) is 1. The van der Waals surface area contributed by atoms with Crippen molar-refractivity contribution in [3.8, 4) is 0 Å². The van der Waals surface area contributed by atoms with E-state index in [1.807, 2.05) is 11.3 Å². The molecule has 1 aliphatic carbocycles. The lowest BCUT2D eigenvalue weighted by Crippen LogP contribution is -2.40. The Kier molecular flexibility index (Phi) is 11.7. The van der Waals surface area contributed by atoms with E-state index in [4.69, 9.17) is 9.73 Å². The summed E-state index contributed by atoms with van der Waals surface area (Å²) in [5, 5.41) is 5.52. The summed E-state index contributed by atoms with van der Waals surface area (Å²) in [4.78, 5) is 8.38. The van der Waals surface area contributed by atoms with Gasteiger partial charge in [-0.15, -0.1) is 35.3 Å². The molecule has 0 radical (unpaired) electrons. The van der Waals surface area contributed by atoms with Gasteiger partial charge in [0, 0.05) is 38.2 Å². The Hall–Kier alpha value is -0.340. The molecule has 6 heteroatoms. The topological polar surface area (TPSA) is 36.9 Å². The van der Waals surface area contributed by atoms with Gasteiger partial charge in [0.05, 0.1) is 6.10 Å². The van der Waals surface area contributed by atoms with Gasteiger partial charge in [-0.05, 0) is 44.1 Å². The fourth-order valence-electron chi connectivity index (χ4n) is 2.86. The van der Waals surface area contributed by atoms with Crippen molar-refractivity contribution >= 4 is 41.3 Å². The molecule has 0 unspecified atom stereocenters. The van der Waals surface area contributed by atoms with E-state index in [9.17, 15) is 0 Å². The minimum atomic E-state index is 0. The Balaban J connectivity index is 0.00000288. The summed E-state index contributed by atoms with van der Waals surface area (Å²) in [7, 11) is 2.12. The molecule has 2 rings (SSSR count). The van der Waals surface area contributed by atoms with Gasteiger partial charge in [0.15, 0.2) is 5.96 Å². The molecule has 0 aromatic carbocycles. The summed E-state index contributed by atoms with van der Waals surface area (Å²) < 4.78 is 5.90. The molecule has 0 aliphatic heterocycles. The predicted molar refractivity (Wildman–Crippen MR) is 115 cm³/mol. The molecule has 138 valence electrons. The molecule has 24 heavy (non-hydrogen) atoms. The number of hydrogen-bond acceptors (Lipinski definition) is 3. The highest BCUT2D eigenvalue weighted by Gasteiger charge is 2.14. The zero-order chi connectivity index (χ0) is 16.3. The van der Waals surface area contributed by atoms with E-state index in [1.54, 1.807) is 0 Å². The second-order valence-corrected chi connectivity index (χ2v) is 7.15. The third kappa shape index (κ3) is 8.16. The van der Waals surface area contributed by atoms with Crippen LogP contribution < -0.4 is 5.32 Å². The lowest BCUT2D eigenvalue weighted by Gasteiger charge is -2.21. The molecule has 1 aliphatic rings. The number of hydrogen-bond donors (Lipinski definition) is 1. The molecule has 1 saturated carbocycles. The number of aliphatic imine (C=N–C) groups is 1. The molecular formula is C18H32IN3OS. The van der Waals surface area contributed by atoms with Crippen molar-refractivity contribution in [3.63, 3.8) is 0 Å². The third-order valence-electron chi connectivity index (χ3n) is 4.19. The maximum atomic E-state index is 5.90. The first-order valence-corrected chi connectivity index (χ1v) is 9.81. The van der Waals surface area contributed by atoms with Crippen LogP contribution in [0.15, 0.2) is 22.5 Å². The molecule has 0 bridgehead atoms. The van der Waals surface area contributed by atoms with Crippen LogP contribution in [0.2, 0.25) is 0 Å². The Morgan fingerprint density at radius 2 is 2.21 bits per heavy atom. The van der Waals surface area contributed by atoms with Crippen LogP contribution in [0, 0.1) is 0 Å². The molecular weight excluding hydrogens is 433 g/mol. The fraction of sp³-hybridized carbons (Fsp3) is 0.722. The lowest BCUT2D eigenvalue weighted by molar-refractivity contribution is 0.0579. The second kappa shape index (κ2) is 12.9. The first-order chi connectivity index (χ1) is 11.3. The molecule has 1 N–H and O–H groups in total. The Morgan fingerprint density at radius 3 is 2.88 bits per heavy atom. The molecule has 1 heterocycles. The van der Waals surface area contributed by atoms with Crippen molar-refractivity contribution in [2.75, 3.05) is 33.3 Å². The van der Waals surface area contributed by atoms with Gasteiger partial charge < -0.3 is 15.0 Å². The minimum Gasteiger partial charge on any atom is -0.378 e. The first-order valence-electron chi connectivity index (χ1n) is 8.93. The maximum Gasteiger partial charge on any atom is 0.193 e. The van der Waals surface area contributed by atoms with Crippen LogP contribution in [0.4, 0.5) is 0 Å². The number of rotatable bonds is 9. The largest absolute Gasteiger partial charge is 0.378 e. The minimum absolute atomic E-state index is 0. The van der Waals surface area contributed by atoms with Crippen LogP contribution in [-0.2, 0) is 11.2 Å². The smallest absolute Gasteiger partial charge is 0.193 e. The predicted octanol–water partition coefficient (Wildman–Crippen LogP) is 4.16. The van der Waals surface area contributed by atoms with Crippen molar-refractivity contribution in [3.05, 3.63) is 22.4 Å². The first kappa shape index (κ1) is 21.7. The average Bonchev–Trinajstić information content (AvgIpc) is 3.24. The molecule has 0 amide bonds. The van der Waals surface area contributed by atoms with E-state index in [-0.39, 0.29) is 24.0 Å². The summed E-state index contributed by atoms with van der Waals surface area (Å²) in [6.45, 7) is 5.68. The standard InChI is InChI=1S/C18H31N3OS.HI/c1-3-19-18(21(2)13-11-17-10-6-15-23-17)20-12-7-14-22-16-8-4-5-9-16;/h6,10,15-16H,3-5,7-9,11-14H2,1-2H3,(H,19,20);1H. The van der Waals surface area contributed by atoms with Crippen molar-refractivity contribution in [2.45, 2.75) is 51.6 Å². The van der Waals surface area contributed by atoms with Crippen molar-refractivity contribution < 1.29 is 4.74 Å². The average molecular weight is 465 g/mol. The van der Waals surface area contributed by atoms with E-state index in [1.165, 1.54) is 30.6 Å². The molecule has 1 fully saturated rings. The summed E-state index contributed by atoms with van der Waals surface area (Å²) in [5.74, 6) is 1.00. The van der Waals surface area contributed by atoms with Gasteiger partial charge in [-0.2, -0.15) is 0 Å². The number of halogens is 1. The van der Waals surface area contributed by atoms with Crippen LogP contribution >= 0.6 is 35.3 Å². The van der Waals surface area contributed by atoms with Crippen LogP contribution in [0.5, 0.6) is 0 Å². The van der Waals surface area contributed by atoms with Gasteiger partial charge in [0.1, 0.15) is 0 Å². The second-order valence-electron chi connectivity index (χ2n) is 6.12. The monoisotopic (exact) mass is 465 g/mol. The number of thiophene rings is 1. The van der Waals surface area contributed by atoms with E-state index in [0.29, 0.717) is 6.10 Å². The van der Waals surface area contributed by atoms with Crippen molar-refractivity contribution in [2.24, 2.45) is 4.99 Å². The van der Waals surface area contributed by atoms with Crippen LogP contribution in [0.25, 0.3) is 0 Å². The molecule has 1 aromatic heterocycles. The highest BCUT2D eigenvalue weighted by molar-refractivity contribution is 14.0.